The van der Waals surface area contributed by atoms with Crippen molar-refractivity contribution in [3.63, 3.8) is 0 Å². The van der Waals surface area contributed by atoms with Gasteiger partial charge in [-0.1, -0.05) is 12.1 Å². The molecule has 0 bridgehead atoms. The Morgan fingerprint density at radius 1 is 1.14 bits per heavy atom. The fraction of sp³-hybridized carbons (Fsp3) is 0.278. The molecule has 0 aliphatic heterocycles. The second-order valence-corrected chi connectivity index (χ2v) is 7.73. The second kappa shape index (κ2) is 9.09. The van der Waals surface area contributed by atoms with Crippen LogP contribution in [0.3, 0.4) is 0 Å². The molecular formula is C18H21F2N3O4S. The third-order valence-corrected chi connectivity index (χ3v) is 5.00. The number of carbonyl (C=O) groups excluding carboxylic acids is 1. The maximum absolute atomic E-state index is 12.4. The van der Waals surface area contributed by atoms with Crippen LogP contribution in [-0.2, 0) is 21.4 Å². The normalized spacial score (nSPS) is 12.8. The molecule has 2 rings (SSSR count). The molecule has 28 heavy (non-hydrogen) atoms. The molecule has 0 aliphatic rings. The number of likely N-dealkylation sites (N-methyl/N-ethyl adjacent to an activating group) is 1. The van der Waals surface area contributed by atoms with Crippen molar-refractivity contribution in [2.24, 2.45) is 5.14 Å². The first kappa shape index (κ1) is 21.7. The first-order valence-electron chi connectivity index (χ1n) is 8.24. The Hall–Kier alpha value is -2.56. The lowest BCUT2D eigenvalue weighted by Gasteiger charge is -2.24. The molecule has 3 N–H and O–H groups in total. The van der Waals surface area contributed by atoms with Gasteiger partial charge in [-0.15, -0.1) is 0 Å². The number of nitrogens with two attached hydrogens (primary N) is 1. The third kappa shape index (κ3) is 6.25. The number of amides is 1. The molecule has 0 radical (unpaired) electrons. The molecule has 0 unspecified atom stereocenters. The number of nitrogens with one attached hydrogen (secondary N) is 1. The topological polar surface area (TPSA) is 102 Å². The lowest BCUT2D eigenvalue weighted by atomic mass is 10.1. The summed E-state index contributed by atoms with van der Waals surface area (Å²) in [5.41, 5.74) is 1.26. The van der Waals surface area contributed by atoms with Crippen LogP contribution in [0.1, 0.15) is 12.5 Å². The van der Waals surface area contributed by atoms with Gasteiger partial charge in [-0.25, -0.2) is 13.6 Å². The molecule has 10 heteroatoms. The van der Waals surface area contributed by atoms with E-state index in [1.807, 2.05) is 0 Å². The van der Waals surface area contributed by atoms with Crippen LogP contribution in [0.25, 0.3) is 0 Å². The number of primary sulfonamides is 1. The van der Waals surface area contributed by atoms with Crippen LogP contribution in [-0.4, -0.2) is 38.9 Å². The molecular weight excluding hydrogens is 392 g/mol. The molecule has 1 amide bonds. The van der Waals surface area contributed by atoms with Crippen LogP contribution < -0.4 is 15.2 Å². The van der Waals surface area contributed by atoms with Crippen molar-refractivity contribution < 1.29 is 26.7 Å². The number of benzene rings is 2. The number of halogens is 2. The van der Waals surface area contributed by atoms with E-state index in [0.717, 1.165) is 5.56 Å². The molecule has 1 atom stereocenters. The monoisotopic (exact) mass is 413 g/mol. The van der Waals surface area contributed by atoms with Crippen molar-refractivity contribution in [3.05, 3.63) is 54.1 Å². The smallest absolute Gasteiger partial charge is 0.387 e. The van der Waals surface area contributed by atoms with E-state index in [4.69, 9.17) is 5.14 Å². The van der Waals surface area contributed by atoms with E-state index < -0.39 is 22.7 Å². The van der Waals surface area contributed by atoms with Crippen molar-refractivity contribution in [3.8, 4) is 5.75 Å². The predicted molar refractivity (Wildman–Crippen MR) is 100 cm³/mol. The molecule has 7 nitrogen and oxygen atoms in total. The molecule has 0 aliphatic carbocycles. The lowest BCUT2D eigenvalue weighted by molar-refractivity contribution is -0.120. The number of hydrogen-bond acceptors (Lipinski definition) is 5. The maximum Gasteiger partial charge on any atom is 0.387 e. The number of rotatable bonds is 8. The average Bonchev–Trinajstić information content (AvgIpc) is 2.62. The average molecular weight is 413 g/mol. The van der Waals surface area contributed by atoms with Crippen molar-refractivity contribution in [2.45, 2.75) is 31.0 Å². The van der Waals surface area contributed by atoms with Gasteiger partial charge in [0.05, 0.1) is 10.9 Å². The third-order valence-electron chi connectivity index (χ3n) is 4.07. The van der Waals surface area contributed by atoms with Crippen LogP contribution in [0.2, 0.25) is 0 Å². The zero-order chi connectivity index (χ0) is 20.9. The van der Waals surface area contributed by atoms with Crippen LogP contribution >= 0.6 is 0 Å². The standard InChI is InChI=1S/C18H21F2N3O4S/c1-12(17(24)22-14-5-9-16(10-6-14)28(21,25)26)23(2)11-13-3-7-15(8-4-13)27-18(19)20/h3-10,12,18H,11H2,1-2H3,(H,22,24)(H2,21,25,26)/t12-/m0/s1. The van der Waals surface area contributed by atoms with Gasteiger partial charge >= 0.3 is 6.61 Å². The Balaban J connectivity index is 1.94. The molecule has 0 heterocycles. The molecule has 2 aromatic rings. The van der Waals surface area contributed by atoms with Gasteiger partial charge in [0.1, 0.15) is 5.75 Å². The minimum atomic E-state index is -3.79. The minimum absolute atomic E-state index is 0.0464. The van der Waals surface area contributed by atoms with Crippen molar-refractivity contribution >= 4 is 21.6 Å². The van der Waals surface area contributed by atoms with Gasteiger partial charge in [0.25, 0.3) is 0 Å². The number of carbonyl (C=O) groups is 1. The molecule has 0 aromatic heterocycles. The van der Waals surface area contributed by atoms with E-state index in [1.165, 1.54) is 36.4 Å². The Kier molecular flexibility index (Phi) is 7.05. The fourth-order valence-electron chi connectivity index (χ4n) is 2.38. The summed E-state index contributed by atoms with van der Waals surface area (Å²) in [6.45, 7) is -0.757. The van der Waals surface area contributed by atoms with Gasteiger partial charge in [-0.2, -0.15) is 8.78 Å². The van der Waals surface area contributed by atoms with Crippen LogP contribution in [0, 0.1) is 0 Å². The summed E-state index contributed by atoms with van der Waals surface area (Å²) in [7, 11) is -2.05. The Morgan fingerprint density at radius 3 is 2.21 bits per heavy atom. The summed E-state index contributed by atoms with van der Waals surface area (Å²) in [6, 6.07) is 11.2. The minimum Gasteiger partial charge on any atom is -0.435 e. The quantitative estimate of drug-likeness (QED) is 0.692. The van der Waals surface area contributed by atoms with Crippen LogP contribution in [0.4, 0.5) is 14.5 Å². The maximum atomic E-state index is 12.4. The molecule has 152 valence electrons. The highest BCUT2D eigenvalue weighted by molar-refractivity contribution is 7.89. The van der Waals surface area contributed by atoms with Gasteiger partial charge in [-0.3, -0.25) is 9.69 Å². The summed E-state index contributed by atoms with van der Waals surface area (Å²) >= 11 is 0. The van der Waals surface area contributed by atoms with Crippen molar-refractivity contribution in [1.29, 1.82) is 0 Å². The van der Waals surface area contributed by atoms with Crippen LogP contribution in [0.15, 0.2) is 53.4 Å². The van der Waals surface area contributed by atoms with E-state index in [2.05, 4.69) is 10.1 Å². The van der Waals surface area contributed by atoms with E-state index in [0.29, 0.717) is 12.2 Å². The molecule has 0 spiro atoms. The van der Waals surface area contributed by atoms with Gasteiger partial charge < -0.3 is 10.1 Å². The molecule has 0 saturated heterocycles. The highest BCUT2D eigenvalue weighted by Crippen LogP contribution is 2.17. The Bertz CT molecular complexity index is 903. The van der Waals surface area contributed by atoms with Crippen molar-refractivity contribution in [1.82, 2.24) is 4.90 Å². The Morgan fingerprint density at radius 2 is 1.71 bits per heavy atom. The van der Waals surface area contributed by atoms with Gasteiger partial charge in [0.15, 0.2) is 0 Å². The highest BCUT2D eigenvalue weighted by atomic mass is 32.2. The molecule has 0 saturated carbocycles. The number of hydrogen-bond donors (Lipinski definition) is 2. The summed E-state index contributed by atoms with van der Waals surface area (Å²) in [6.07, 6.45) is 0. The zero-order valence-corrected chi connectivity index (χ0v) is 16.1. The number of alkyl halides is 2. The first-order chi connectivity index (χ1) is 13.1. The summed E-state index contributed by atoms with van der Waals surface area (Å²) in [5, 5.41) is 7.73. The van der Waals surface area contributed by atoms with Crippen LogP contribution in [0.5, 0.6) is 5.75 Å². The fourth-order valence-corrected chi connectivity index (χ4v) is 2.89. The SMILES string of the molecule is C[C@@H](C(=O)Nc1ccc(S(N)(=O)=O)cc1)N(C)Cc1ccc(OC(F)F)cc1. The largest absolute Gasteiger partial charge is 0.435 e. The van der Waals surface area contributed by atoms with Gasteiger partial charge in [-0.05, 0) is 55.9 Å². The molecule has 0 fully saturated rings. The van der Waals surface area contributed by atoms with Gasteiger partial charge in [0, 0.05) is 12.2 Å². The number of sulfonamides is 1. The number of ether oxygens (including phenoxy) is 1. The summed E-state index contributed by atoms with van der Waals surface area (Å²) in [4.78, 5) is 14.1. The lowest BCUT2D eigenvalue weighted by Crippen LogP contribution is -2.39. The summed E-state index contributed by atoms with van der Waals surface area (Å²) in [5.74, 6) is -0.223. The van der Waals surface area contributed by atoms with Gasteiger partial charge in [0.2, 0.25) is 15.9 Å². The van der Waals surface area contributed by atoms with Crippen molar-refractivity contribution in [2.75, 3.05) is 12.4 Å². The van der Waals surface area contributed by atoms with E-state index in [1.54, 1.807) is 31.0 Å². The Labute approximate surface area is 162 Å². The predicted octanol–water partition coefficient (Wildman–Crippen LogP) is 2.39. The number of anilines is 1. The zero-order valence-electron chi connectivity index (χ0n) is 15.3. The molecule has 2 aromatic carbocycles. The van der Waals surface area contributed by atoms with E-state index in [9.17, 15) is 22.0 Å². The van der Waals surface area contributed by atoms with E-state index in [-0.39, 0.29) is 16.6 Å². The first-order valence-corrected chi connectivity index (χ1v) is 9.78. The second-order valence-electron chi connectivity index (χ2n) is 6.17. The highest BCUT2D eigenvalue weighted by Gasteiger charge is 2.19. The summed E-state index contributed by atoms with van der Waals surface area (Å²) < 4.78 is 51.1. The number of nitrogens with zero attached hydrogens (tertiary/aromatic N) is 1. The van der Waals surface area contributed by atoms with E-state index >= 15 is 0 Å².